The first-order valence-corrected chi connectivity index (χ1v) is 17.4. The van der Waals surface area contributed by atoms with E-state index in [1.165, 1.54) is 51.4 Å². The van der Waals surface area contributed by atoms with Crippen LogP contribution in [0.3, 0.4) is 0 Å². The molecule has 4 N–H and O–H groups in total. The summed E-state index contributed by atoms with van der Waals surface area (Å²) in [6.07, 6.45) is 10.1. The van der Waals surface area contributed by atoms with Gasteiger partial charge >= 0.3 is 0 Å². The fourth-order valence-electron chi connectivity index (χ4n) is 6.44. The second-order valence-corrected chi connectivity index (χ2v) is 13.1. The molecule has 0 bridgehead atoms. The van der Waals surface area contributed by atoms with Gasteiger partial charge < -0.3 is 30.1 Å². The third kappa shape index (κ3) is 8.66. The Morgan fingerprint density at radius 3 is 1.58 bits per heavy atom. The van der Waals surface area contributed by atoms with Gasteiger partial charge in [0.2, 0.25) is 5.91 Å². The quantitative estimate of drug-likeness (QED) is 0.0962. The molecule has 0 saturated carbocycles. The third-order valence-corrected chi connectivity index (χ3v) is 9.11. The Balaban J connectivity index is 1.13. The summed E-state index contributed by atoms with van der Waals surface area (Å²) in [5, 5.41) is 12.9. The van der Waals surface area contributed by atoms with E-state index < -0.39 is 0 Å². The van der Waals surface area contributed by atoms with E-state index in [1.807, 2.05) is 6.92 Å². The summed E-state index contributed by atoms with van der Waals surface area (Å²) in [4.78, 5) is 21.0. The molecule has 50 heavy (non-hydrogen) atoms. The minimum atomic E-state index is -0.00914. The smallest absolute Gasteiger partial charge is 0.216 e. The van der Waals surface area contributed by atoms with Gasteiger partial charge in [-0.3, -0.25) is 4.79 Å². The monoisotopic (exact) mass is 668 g/mol. The number of aromatic nitrogens is 4. The van der Waals surface area contributed by atoms with Gasteiger partial charge in [-0.1, -0.05) is 55.1 Å². The Morgan fingerprint density at radius 1 is 0.640 bits per heavy atom. The highest BCUT2D eigenvalue weighted by molar-refractivity contribution is 5.73. The molecule has 4 heterocycles. The molecule has 0 fully saturated rings. The predicted molar refractivity (Wildman–Crippen MR) is 202 cm³/mol. The largest absolute Gasteiger partial charge is 0.388 e. The highest BCUT2D eigenvalue weighted by Crippen LogP contribution is 2.32. The van der Waals surface area contributed by atoms with Gasteiger partial charge in [-0.05, 0) is 77.4 Å². The van der Waals surface area contributed by atoms with E-state index in [1.54, 1.807) is 0 Å². The molecule has 0 unspecified atom stereocenters. The minimum Gasteiger partial charge on any atom is -0.388 e. The molecule has 6 rings (SSSR count). The van der Waals surface area contributed by atoms with Crippen molar-refractivity contribution >= 4 is 17.2 Å². The molecule has 0 aliphatic rings. The van der Waals surface area contributed by atoms with E-state index in [4.69, 9.17) is 9.97 Å². The van der Waals surface area contributed by atoms with E-state index in [-0.39, 0.29) is 5.91 Å². The predicted octanol–water partition coefficient (Wildman–Crippen LogP) is 5.89. The van der Waals surface area contributed by atoms with Crippen molar-refractivity contribution in [3.8, 4) is 11.1 Å². The number of carbonyl (C=O) groups is 1. The molecule has 9 heteroatoms. The van der Waals surface area contributed by atoms with Crippen molar-refractivity contribution in [1.29, 1.82) is 0 Å². The van der Waals surface area contributed by atoms with Crippen LogP contribution in [0.4, 0.5) is 0 Å². The number of hydrogen-bond donors (Lipinski definition) is 4. The summed E-state index contributed by atoms with van der Waals surface area (Å²) in [7, 11) is 0. The number of amides is 1. The standard InChI is InChI=1S/C41H48N8O/c1-28(2)44-18-16-42-22-32-12-14-40-46-36(26-48(40)24-32)20-34-8-6-10-38(29(34)3)39-11-7-9-35(30(39)4)21-37-27-49-25-33(13-15-41(49)47-37)23-43-17-19-45-31(5)50/h6-15,24-27,42-44H,1,16-23H2,2-5H3,(H,45,50). The van der Waals surface area contributed by atoms with E-state index in [0.29, 0.717) is 6.54 Å². The van der Waals surface area contributed by atoms with Crippen LogP contribution in [0.25, 0.3) is 22.4 Å². The Hall–Kier alpha value is -5.25. The van der Waals surface area contributed by atoms with Crippen LogP contribution in [0, 0.1) is 13.8 Å². The van der Waals surface area contributed by atoms with Crippen molar-refractivity contribution in [2.75, 3.05) is 26.2 Å². The van der Waals surface area contributed by atoms with Gasteiger partial charge in [0.25, 0.3) is 0 Å². The minimum absolute atomic E-state index is 0.00914. The molecule has 0 spiro atoms. The summed E-state index contributed by atoms with van der Waals surface area (Å²) in [5.74, 6) is -0.00914. The average molecular weight is 669 g/mol. The molecule has 9 nitrogen and oxygen atoms in total. The Morgan fingerprint density at radius 2 is 1.12 bits per heavy atom. The molecule has 2 aromatic carbocycles. The van der Waals surface area contributed by atoms with Crippen LogP contribution in [0.5, 0.6) is 0 Å². The number of hydrogen-bond acceptors (Lipinski definition) is 6. The number of imidazole rings is 2. The number of fused-ring (bicyclic) bond motifs is 2. The lowest BCUT2D eigenvalue weighted by Gasteiger charge is -2.15. The highest BCUT2D eigenvalue weighted by atomic mass is 16.1. The number of nitrogens with zero attached hydrogens (tertiary/aromatic N) is 4. The second-order valence-electron chi connectivity index (χ2n) is 13.1. The molecule has 0 saturated heterocycles. The lowest BCUT2D eigenvalue weighted by molar-refractivity contribution is -0.118. The Kier molecular flexibility index (Phi) is 11.1. The van der Waals surface area contributed by atoms with Crippen LogP contribution in [-0.4, -0.2) is 50.9 Å². The maximum atomic E-state index is 11.1. The number of rotatable bonds is 16. The summed E-state index contributed by atoms with van der Waals surface area (Å²) in [5.41, 5.74) is 15.0. The van der Waals surface area contributed by atoms with Crippen LogP contribution in [0.15, 0.2) is 97.7 Å². The summed E-state index contributed by atoms with van der Waals surface area (Å²) in [6.45, 7) is 16.5. The van der Waals surface area contributed by atoms with Gasteiger partial charge in [0.05, 0.1) is 11.4 Å². The van der Waals surface area contributed by atoms with Crippen LogP contribution in [-0.2, 0) is 30.7 Å². The molecule has 1 amide bonds. The van der Waals surface area contributed by atoms with Gasteiger partial charge in [-0.2, -0.15) is 0 Å². The number of nitrogens with one attached hydrogen (secondary N) is 4. The van der Waals surface area contributed by atoms with E-state index in [2.05, 4.69) is 136 Å². The average Bonchev–Trinajstić information content (AvgIpc) is 3.68. The SMILES string of the molecule is C=C(C)NCCNCc1ccc2nc(Cc3cccc(-c4cccc(Cc5cn6cc(CNCCNC(C)=O)ccc6n5)c4C)c3C)cn2c1. The van der Waals surface area contributed by atoms with Gasteiger partial charge in [0.15, 0.2) is 0 Å². The number of benzene rings is 2. The fourth-order valence-corrected chi connectivity index (χ4v) is 6.44. The van der Waals surface area contributed by atoms with Gasteiger partial charge in [0.1, 0.15) is 11.3 Å². The zero-order valence-corrected chi connectivity index (χ0v) is 29.6. The first-order chi connectivity index (χ1) is 24.2. The highest BCUT2D eigenvalue weighted by Gasteiger charge is 2.14. The van der Waals surface area contributed by atoms with E-state index in [9.17, 15) is 4.79 Å². The van der Waals surface area contributed by atoms with Crippen molar-refractivity contribution in [2.24, 2.45) is 0 Å². The summed E-state index contributed by atoms with van der Waals surface area (Å²) < 4.78 is 4.24. The van der Waals surface area contributed by atoms with Crippen molar-refractivity contribution in [2.45, 2.75) is 53.6 Å². The van der Waals surface area contributed by atoms with Gasteiger partial charge in [-0.25, -0.2) is 9.97 Å². The molecular formula is C41H48N8O. The molecule has 0 atom stereocenters. The van der Waals surface area contributed by atoms with Gasteiger partial charge in [0, 0.05) is 89.5 Å². The zero-order valence-electron chi connectivity index (χ0n) is 29.6. The van der Waals surface area contributed by atoms with Crippen molar-refractivity contribution in [1.82, 2.24) is 40.0 Å². The molecule has 0 aliphatic carbocycles. The van der Waals surface area contributed by atoms with E-state index in [0.717, 1.165) is 73.9 Å². The molecule has 4 aromatic heterocycles. The number of allylic oxidation sites excluding steroid dienone is 1. The number of pyridine rings is 2. The second kappa shape index (κ2) is 16.0. The maximum Gasteiger partial charge on any atom is 0.216 e. The number of carbonyl (C=O) groups excluding carboxylic acids is 1. The topological polar surface area (TPSA) is 99.8 Å². The Bertz CT molecular complexity index is 1970. The van der Waals surface area contributed by atoms with Crippen molar-refractivity contribution in [3.05, 3.63) is 142 Å². The van der Waals surface area contributed by atoms with Crippen LogP contribution >= 0.6 is 0 Å². The lowest BCUT2D eigenvalue weighted by atomic mass is 9.89. The van der Waals surface area contributed by atoms with Crippen LogP contribution in [0.1, 0.15) is 58.6 Å². The van der Waals surface area contributed by atoms with Crippen molar-refractivity contribution in [3.63, 3.8) is 0 Å². The Labute approximate surface area is 294 Å². The first-order valence-electron chi connectivity index (χ1n) is 17.4. The molecule has 6 aromatic rings. The molecular weight excluding hydrogens is 621 g/mol. The maximum absolute atomic E-state index is 11.1. The van der Waals surface area contributed by atoms with Gasteiger partial charge in [-0.15, -0.1) is 0 Å². The normalized spacial score (nSPS) is 11.4. The summed E-state index contributed by atoms with van der Waals surface area (Å²) >= 11 is 0. The van der Waals surface area contributed by atoms with Crippen LogP contribution in [0.2, 0.25) is 0 Å². The zero-order chi connectivity index (χ0) is 35.0. The summed E-state index contributed by atoms with van der Waals surface area (Å²) in [6, 6.07) is 21.6. The molecule has 0 radical (unpaired) electrons. The van der Waals surface area contributed by atoms with Crippen molar-refractivity contribution < 1.29 is 4.79 Å². The third-order valence-electron chi connectivity index (χ3n) is 9.11. The molecule has 0 aliphatic heterocycles. The first kappa shape index (κ1) is 34.6. The van der Waals surface area contributed by atoms with E-state index >= 15 is 0 Å². The molecule has 258 valence electrons. The fraction of sp³-hybridized carbons (Fsp3) is 0.293. The van der Waals surface area contributed by atoms with Crippen LogP contribution < -0.4 is 21.3 Å². The lowest BCUT2D eigenvalue weighted by Crippen LogP contribution is -2.29.